The predicted molar refractivity (Wildman–Crippen MR) is 63.4 cm³/mol. The van der Waals surface area contributed by atoms with Gasteiger partial charge in [-0.1, -0.05) is 13.8 Å². The maximum atomic E-state index is 6.00. The second-order valence-electron chi connectivity index (χ2n) is 4.83. The molecule has 16 heavy (non-hydrogen) atoms. The average molecular weight is 231 g/mol. The molecule has 0 radical (unpaired) electrons. The van der Waals surface area contributed by atoms with Crippen LogP contribution in [-0.2, 0) is 14.2 Å². The van der Waals surface area contributed by atoms with Crippen LogP contribution in [0, 0.1) is 11.8 Å². The van der Waals surface area contributed by atoms with Crippen molar-refractivity contribution in [2.45, 2.75) is 26.3 Å². The zero-order valence-electron chi connectivity index (χ0n) is 10.5. The topological polar surface area (TPSA) is 53.7 Å². The summed E-state index contributed by atoms with van der Waals surface area (Å²) in [5, 5.41) is 0. The third-order valence-corrected chi connectivity index (χ3v) is 2.70. The Kier molecular flexibility index (Phi) is 6.96. The predicted octanol–water partition coefficient (Wildman–Crippen LogP) is 1.04. The lowest BCUT2D eigenvalue weighted by Gasteiger charge is -2.17. The molecule has 1 fully saturated rings. The third kappa shape index (κ3) is 5.80. The molecule has 4 heteroatoms. The van der Waals surface area contributed by atoms with Crippen LogP contribution in [-0.4, -0.2) is 45.7 Å². The highest BCUT2D eigenvalue weighted by Crippen LogP contribution is 2.15. The van der Waals surface area contributed by atoms with E-state index in [1.54, 1.807) is 0 Å². The fraction of sp³-hybridized carbons (Fsp3) is 1.00. The molecule has 0 aliphatic carbocycles. The van der Waals surface area contributed by atoms with Crippen LogP contribution in [0.1, 0.15) is 20.3 Å². The summed E-state index contributed by atoms with van der Waals surface area (Å²) in [4.78, 5) is 0. The van der Waals surface area contributed by atoms with Crippen LogP contribution in [0.4, 0.5) is 0 Å². The van der Waals surface area contributed by atoms with Crippen molar-refractivity contribution in [2.24, 2.45) is 17.6 Å². The number of hydrogen-bond donors (Lipinski definition) is 1. The Morgan fingerprint density at radius 2 is 1.94 bits per heavy atom. The van der Waals surface area contributed by atoms with Crippen molar-refractivity contribution in [1.29, 1.82) is 0 Å². The summed E-state index contributed by atoms with van der Waals surface area (Å²) in [5.74, 6) is 1.05. The Hall–Kier alpha value is -0.160. The molecular weight excluding hydrogens is 206 g/mol. The smallest absolute Gasteiger partial charge is 0.0701 e. The van der Waals surface area contributed by atoms with Gasteiger partial charge < -0.3 is 19.9 Å². The van der Waals surface area contributed by atoms with Crippen molar-refractivity contribution in [2.75, 3.05) is 39.6 Å². The van der Waals surface area contributed by atoms with Crippen LogP contribution >= 0.6 is 0 Å². The summed E-state index contributed by atoms with van der Waals surface area (Å²) in [6.45, 7) is 8.60. The van der Waals surface area contributed by atoms with Gasteiger partial charge in [0.25, 0.3) is 0 Å². The minimum Gasteiger partial charge on any atom is -0.381 e. The van der Waals surface area contributed by atoms with Crippen LogP contribution in [0.3, 0.4) is 0 Å². The van der Waals surface area contributed by atoms with E-state index >= 15 is 0 Å². The van der Waals surface area contributed by atoms with Gasteiger partial charge in [0.2, 0.25) is 0 Å². The van der Waals surface area contributed by atoms with Gasteiger partial charge in [-0.2, -0.15) is 0 Å². The van der Waals surface area contributed by atoms with Crippen molar-refractivity contribution in [1.82, 2.24) is 0 Å². The van der Waals surface area contributed by atoms with Crippen molar-refractivity contribution in [3.05, 3.63) is 0 Å². The molecule has 0 bridgehead atoms. The van der Waals surface area contributed by atoms with E-state index in [4.69, 9.17) is 19.9 Å². The Labute approximate surface area is 98.4 Å². The third-order valence-electron chi connectivity index (χ3n) is 2.70. The van der Waals surface area contributed by atoms with Gasteiger partial charge in [0.05, 0.1) is 26.4 Å². The molecule has 2 N–H and O–H groups in total. The molecule has 2 atom stereocenters. The van der Waals surface area contributed by atoms with Crippen molar-refractivity contribution in [3.63, 3.8) is 0 Å². The van der Waals surface area contributed by atoms with Crippen LogP contribution in [0.5, 0.6) is 0 Å². The first-order chi connectivity index (χ1) is 7.70. The molecule has 0 aromatic carbocycles. The van der Waals surface area contributed by atoms with Gasteiger partial charge in [0, 0.05) is 25.2 Å². The number of ether oxygens (including phenoxy) is 3. The maximum Gasteiger partial charge on any atom is 0.0701 e. The molecule has 0 saturated carbocycles. The minimum absolute atomic E-state index is 0.104. The molecule has 96 valence electrons. The van der Waals surface area contributed by atoms with E-state index < -0.39 is 0 Å². The average Bonchev–Trinajstić information content (AvgIpc) is 2.75. The molecular formula is C12H25NO3. The summed E-state index contributed by atoms with van der Waals surface area (Å²) < 4.78 is 16.2. The van der Waals surface area contributed by atoms with E-state index in [0.717, 1.165) is 26.2 Å². The molecule has 1 heterocycles. The van der Waals surface area contributed by atoms with E-state index in [2.05, 4.69) is 13.8 Å². The van der Waals surface area contributed by atoms with Crippen LogP contribution in [0.15, 0.2) is 0 Å². The van der Waals surface area contributed by atoms with Crippen LogP contribution in [0.2, 0.25) is 0 Å². The highest BCUT2D eigenvalue weighted by atomic mass is 16.5. The summed E-state index contributed by atoms with van der Waals surface area (Å²) in [7, 11) is 0. The first-order valence-corrected chi connectivity index (χ1v) is 6.19. The van der Waals surface area contributed by atoms with Gasteiger partial charge in [-0.25, -0.2) is 0 Å². The molecule has 2 unspecified atom stereocenters. The Morgan fingerprint density at radius 1 is 1.25 bits per heavy atom. The van der Waals surface area contributed by atoms with Gasteiger partial charge in [-0.15, -0.1) is 0 Å². The number of nitrogens with two attached hydrogens (primary N) is 1. The lowest BCUT2D eigenvalue weighted by atomic mass is 10.0. The molecule has 0 spiro atoms. The van der Waals surface area contributed by atoms with Gasteiger partial charge in [-0.3, -0.25) is 0 Å². The van der Waals surface area contributed by atoms with Gasteiger partial charge in [-0.05, 0) is 12.3 Å². The SMILES string of the molecule is CC(C)COCCOCC(N)C1CCOC1. The van der Waals surface area contributed by atoms with E-state index in [-0.39, 0.29) is 6.04 Å². The normalized spacial score (nSPS) is 22.9. The second-order valence-corrected chi connectivity index (χ2v) is 4.83. The standard InChI is InChI=1S/C12H25NO3/c1-10(2)7-15-5-6-16-9-12(13)11-3-4-14-8-11/h10-12H,3-9,13H2,1-2H3. The van der Waals surface area contributed by atoms with Crippen molar-refractivity contribution >= 4 is 0 Å². The lowest BCUT2D eigenvalue weighted by Crippen LogP contribution is -2.35. The van der Waals surface area contributed by atoms with Crippen LogP contribution < -0.4 is 5.73 Å². The van der Waals surface area contributed by atoms with Gasteiger partial charge in [0.15, 0.2) is 0 Å². The Bertz CT molecular complexity index is 170. The zero-order valence-corrected chi connectivity index (χ0v) is 10.5. The quantitative estimate of drug-likeness (QED) is 0.634. The van der Waals surface area contributed by atoms with E-state index in [1.165, 1.54) is 0 Å². The fourth-order valence-corrected chi connectivity index (χ4v) is 1.68. The molecule has 0 amide bonds. The highest BCUT2D eigenvalue weighted by Gasteiger charge is 2.22. The Balaban J connectivity index is 1.90. The van der Waals surface area contributed by atoms with E-state index in [9.17, 15) is 0 Å². The number of hydrogen-bond acceptors (Lipinski definition) is 4. The molecule has 1 saturated heterocycles. The molecule has 4 nitrogen and oxygen atoms in total. The summed E-state index contributed by atoms with van der Waals surface area (Å²) >= 11 is 0. The zero-order chi connectivity index (χ0) is 11.8. The number of rotatable bonds is 8. The van der Waals surface area contributed by atoms with E-state index in [1.807, 2.05) is 0 Å². The molecule has 1 aliphatic heterocycles. The summed E-state index contributed by atoms with van der Waals surface area (Å²) in [6, 6.07) is 0.104. The van der Waals surface area contributed by atoms with Crippen molar-refractivity contribution in [3.8, 4) is 0 Å². The molecule has 0 aromatic heterocycles. The first-order valence-electron chi connectivity index (χ1n) is 6.19. The largest absolute Gasteiger partial charge is 0.381 e. The second kappa shape index (κ2) is 8.01. The maximum absolute atomic E-state index is 6.00. The fourth-order valence-electron chi connectivity index (χ4n) is 1.68. The van der Waals surface area contributed by atoms with E-state index in [0.29, 0.717) is 31.7 Å². The molecule has 1 aliphatic rings. The van der Waals surface area contributed by atoms with Crippen molar-refractivity contribution < 1.29 is 14.2 Å². The van der Waals surface area contributed by atoms with Crippen LogP contribution in [0.25, 0.3) is 0 Å². The first kappa shape index (κ1) is 13.9. The summed E-state index contributed by atoms with van der Waals surface area (Å²) in [5.41, 5.74) is 6.00. The Morgan fingerprint density at radius 3 is 2.50 bits per heavy atom. The molecule has 0 aromatic rings. The minimum atomic E-state index is 0.104. The lowest BCUT2D eigenvalue weighted by molar-refractivity contribution is 0.0280. The highest BCUT2D eigenvalue weighted by molar-refractivity contribution is 4.75. The van der Waals surface area contributed by atoms with Gasteiger partial charge >= 0.3 is 0 Å². The monoisotopic (exact) mass is 231 g/mol. The summed E-state index contributed by atoms with van der Waals surface area (Å²) in [6.07, 6.45) is 1.06. The van der Waals surface area contributed by atoms with Gasteiger partial charge in [0.1, 0.15) is 0 Å². The molecule has 1 rings (SSSR count).